The van der Waals surface area contributed by atoms with Gasteiger partial charge in [-0.15, -0.1) is 11.3 Å². The van der Waals surface area contributed by atoms with Gasteiger partial charge in [0.2, 0.25) is 10.0 Å². The molecule has 1 rings (SSSR count). The third kappa shape index (κ3) is 4.83. The Labute approximate surface area is 144 Å². The van der Waals surface area contributed by atoms with Gasteiger partial charge in [0.1, 0.15) is 18.8 Å². The fraction of sp³-hybridized carbons (Fsp3) is 0.786. The first kappa shape index (κ1) is 20.7. The van der Waals surface area contributed by atoms with E-state index in [9.17, 15) is 13.5 Å². The third-order valence-corrected chi connectivity index (χ3v) is 13.7. The number of methoxy groups -OCH3 is 1. The van der Waals surface area contributed by atoms with Crippen molar-refractivity contribution in [2.75, 3.05) is 7.11 Å². The molecule has 1 aromatic rings. The smallest absolute Gasteiger partial charge is 0.246 e. The molecule has 0 saturated heterocycles. The lowest BCUT2D eigenvalue weighted by Crippen LogP contribution is -2.54. The lowest BCUT2D eigenvalue weighted by atomic mass is 10.2. The minimum atomic E-state index is -3.72. The Morgan fingerprint density at radius 1 is 1.26 bits per heavy atom. The van der Waals surface area contributed by atoms with E-state index in [0.29, 0.717) is 10.7 Å². The molecule has 0 unspecified atom stereocenters. The predicted molar refractivity (Wildman–Crippen MR) is 95.6 cm³/mol. The zero-order chi connectivity index (χ0) is 18.3. The molecular weight excluding hydrogens is 352 g/mol. The summed E-state index contributed by atoms with van der Waals surface area (Å²) >= 11 is 0.995. The molecule has 0 spiro atoms. The van der Waals surface area contributed by atoms with E-state index < -0.39 is 23.9 Å². The molecular formula is C14H28N2O4S2Si. The quantitative estimate of drug-likeness (QED) is 0.741. The fourth-order valence-electron chi connectivity index (χ4n) is 1.57. The van der Waals surface area contributed by atoms with Gasteiger partial charge in [-0.05, 0) is 18.9 Å². The molecule has 134 valence electrons. The van der Waals surface area contributed by atoms with Crippen LogP contribution >= 0.6 is 11.3 Å². The van der Waals surface area contributed by atoms with E-state index in [1.165, 1.54) is 7.11 Å². The number of sulfonamides is 1. The van der Waals surface area contributed by atoms with Crippen LogP contribution in [0.4, 0.5) is 0 Å². The van der Waals surface area contributed by atoms with Crippen molar-refractivity contribution < 1.29 is 18.3 Å². The van der Waals surface area contributed by atoms with Crippen molar-refractivity contribution in [1.29, 1.82) is 0 Å². The summed E-state index contributed by atoms with van der Waals surface area (Å²) in [5.41, 5.74) is -0.862. The zero-order valence-corrected chi connectivity index (χ0v) is 17.8. The highest BCUT2D eigenvalue weighted by molar-refractivity contribution is 7.93. The number of nitrogens with zero attached hydrogens (tertiary/aromatic N) is 1. The number of ether oxygens (including phenoxy) is 1. The molecule has 0 aliphatic heterocycles. The van der Waals surface area contributed by atoms with Gasteiger partial charge in [0.25, 0.3) is 0 Å². The van der Waals surface area contributed by atoms with Crippen LogP contribution in [0, 0.1) is 0 Å². The lowest BCUT2D eigenvalue weighted by Gasteiger charge is -2.36. The number of hydrogen-bond acceptors (Lipinski definition) is 6. The summed E-state index contributed by atoms with van der Waals surface area (Å²) < 4.78 is 33.9. The second kappa shape index (κ2) is 6.53. The van der Waals surface area contributed by atoms with Gasteiger partial charge in [0.05, 0.1) is 12.3 Å². The second-order valence-corrected chi connectivity index (χ2v) is 16.0. The summed E-state index contributed by atoms with van der Waals surface area (Å²) in [6.07, 6.45) is 0. The first-order chi connectivity index (χ1) is 10.1. The largest absolute Gasteiger partial charge is 0.383 e. The SMILES string of the molecule is COCc1nc(C(C)(C)O)sc1S(=O)(=O)N[Si](C)(C)C(C)(C)C. The summed E-state index contributed by atoms with van der Waals surface area (Å²) in [5.74, 6) is 0. The van der Waals surface area contributed by atoms with Crippen LogP contribution in [0.25, 0.3) is 0 Å². The van der Waals surface area contributed by atoms with Crippen molar-refractivity contribution in [3.63, 3.8) is 0 Å². The first-order valence-electron chi connectivity index (χ1n) is 7.37. The lowest BCUT2D eigenvalue weighted by molar-refractivity contribution is 0.0776. The highest BCUT2D eigenvalue weighted by Crippen LogP contribution is 2.37. The van der Waals surface area contributed by atoms with E-state index >= 15 is 0 Å². The molecule has 1 aromatic heterocycles. The molecule has 6 nitrogen and oxygen atoms in total. The van der Waals surface area contributed by atoms with Crippen molar-refractivity contribution in [3.05, 3.63) is 10.7 Å². The summed E-state index contributed by atoms with van der Waals surface area (Å²) in [5, 5.41) is 10.4. The molecule has 0 aromatic carbocycles. The maximum atomic E-state index is 12.9. The molecule has 23 heavy (non-hydrogen) atoms. The summed E-state index contributed by atoms with van der Waals surface area (Å²) in [7, 11) is -4.50. The Hall–Kier alpha value is -0.323. The molecule has 0 saturated carbocycles. The summed E-state index contributed by atoms with van der Waals surface area (Å²) in [6.45, 7) is 13.3. The molecule has 0 aliphatic carbocycles. The molecule has 0 atom stereocenters. The van der Waals surface area contributed by atoms with Gasteiger partial charge in [0, 0.05) is 7.11 Å². The Bertz CT molecular complexity index is 655. The van der Waals surface area contributed by atoms with Crippen LogP contribution in [0.5, 0.6) is 0 Å². The number of nitrogens with one attached hydrogen (secondary N) is 1. The van der Waals surface area contributed by atoms with Crippen molar-refractivity contribution in [1.82, 2.24) is 9.37 Å². The van der Waals surface area contributed by atoms with E-state index in [1.54, 1.807) is 13.8 Å². The number of aromatic nitrogens is 1. The maximum absolute atomic E-state index is 12.9. The van der Waals surface area contributed by atoms with Crippen molar-refractivity contribution >= 4 is 29.6 Å². The van der Waals surface area contributed by atoms with Gasteiger partial charge in [-0.2, -0.15) is 0 Å². The van der Waals surface area contributed by atoms with Gasteiger partial charge < -0.3 is 9.84 Å². The highest BCUT2D eigenvalue weighted by atomic mass is 32.2. The Morgan fingerprint density at radius 3 is 2.17 bits per heavy atom. The van der Waals surface area contributed by atoms with Crippen molar-refractivity contribution in [3.8, 4) is 0 Å². The van der Waals surface area contributed by atoms with E-state index in [0.717, 1.165) is 11.3 Å². The number of aliphatic hydroxyl groups is 1. The normalized spacial score (nSPS) is 14.3. The van der Waals surface area contributed by atoms with Crippen LogP contribution in [0.1, 0.15) is 45.3 Å². The van der Waals surface area contributed by atoms with Crippen LogP contribution in [-0.4, -0.2) is 33.9 Å². The standard InChI is InChI=1S/C14H28N2O4S2Si/c1-13(2,3)23(7,8)16-22(18,19)11-10(9-20-6)15-12(21-11)14(4,5)17/h16-17H,9H2,1-8H3. The van der Waals surface area contributed by atoms with Crippen LogP contribution in [0.2, 0.25) is 18.1 Å². The minimum absolute atomic E-state index is 0.0837. The van der Waals surface area contributed by atoms with Crippen LogP contribution in [0.3, 0.4) is 0 Å². The molecule has 1 heterocycles. The van der Waals surface area contributed by atoms with E-state index in [2.05, 4.69) is 9.37 Å². The number of rotatable bonds is 6. The minimum Gasteiger partial charge on any atom is -0.383 e. The fourth-order valence-corrected chi connectivity index (χ4v) is 8.12. The summed E-state index contributed by atoms with van der Waals surface area (Å²) in [6, 6.07) is 0. The Morgan fingerprint density at radius 2 is 1.78 bits per heavy atom. The average molecular weight is 381 g/mol. The Kier molecular flexibility index (Phi) is 5.88. The van der Waals surface area contributed by atoms with Crippen LogP contribution in [-0.2, 0) is 27.0 Å². The molecule has 0 amide bonds. The molecule has 9 heteroatoms. The van der Waals surface area contributed by atoms with Gasteiger partial charge in [-0.25, -0.2) is 17.8 Å². The molecule has 2 N–H and O–H groups in total. The maximum Gasteiger partial charge on any atom is 0.246 e. The highest BCUT2D eigenvalue weighted by Gasteiger charge is 2.41. The molecule has 0 radical (unpaired) electrons. The second-order valence-electron chi connectivity index (χ2n) is 7.73. The molecule has 0 fully saturated rings. The average Bonchev–Trinajstić information content (AvgIpc) is 2.71. The Balaban J connectivity index is 3.35. The zero-order valence-electron chi connectivity index (χ0n) is 15.1. The summed E-state index contributed by atoms with van der Waals surface area (Å²) in [4.78, 5) is 4.27. The third-order valence-electron chi connectivity index (χ3n) is 3.97. The molecule has 0 bridgehead atoms. The van der Waals surface area contributed by atoms with E-state index in [1.807, 2.05) is 33.9 Å². The van der Waals surface area contributed by atoms with Crippen molar-refractivity contribution in [2.24, 2.45) is 0 Å². The number of hydrogen-bond donors (Lipinski definition) is 2. The van der Waals surface area contributed by atoms with Crippen LogP contribution in [0.15, 0.2) is 4.21 Å². The van der Waals surface area contributed by atoms with Gasteiger partial charge in [-0.3, -0.25) is 0 Å². The van der Waals surface area contributed by atoms with Gasteiger partial charge >= 0.3 is 0 Å². The topological polar surface area (TPSA) is 88.5 Å². The van der Waals surface area contributed by atoms with Gasteiger partial charge in [0.15, 0.2) is 4.21 Å². The van der Waals surface area contributed by atoms with E-state index in [-0.39, 0.29) is 15.9 Å². The monoisotopic (exact) mass is 380 g/mol. The van der Waals surface area contributed by atoms with Crippen molar-refractivity contribution in [2.45, 2.75) is 69.2 Å². The van der Waals surface area contributed by atoms with E-state index in [4.69, 9.17) is 4.74 Å². The van der Waals surface area contributed by atoms with Gasteiger partial charge in [-0.1, -0.05) is 33.9 Å². The molecule has 0 aliphatic rings. The first-order valence-corrected chi connectivity index (χ1v) is 12.7. The predicted octanol–water partition coefficient (Wildman–Crippen LogP) is 2.80. The number of thiazole rings is 1. The van der Waals surface area contributed by atoms with Crippen LogP contribution < -0.4 is 4.39 Å².